The van der Waals surface area contributed by atoms with Gasteiger partial charge < -0.3 is 10.1 Å². The molecule has 7 heteroatoms. The van der Waals surface area contributed by atoms with Crippen molar-refractivity contribution < 1.29 is 9.66 Å². The number of anilines is 1. The molecule has 1 aromatic rings. The normalized spacial score (nSPS) is 11.1. The van der Waals surface area contributed by atoms with E-state index in [0.29, 0.717) is 13.0 Å². The van der Waals surface area contributed by atoms with Gasteiger partial charge in [0.15, 0.2) is 0 Å². The minimum absolute atomic E-state index is 0.00204. The van der Waals surface area contributed by atoms with Gasteiger partial charge in [-0.15, -0.1) is 0 Å². The molecule has 1 heterocycles. The molecule has 0 amide bonds. The number of nitrogens with zero attached hydrogens (tertiary/aromatic N) is 3. The van der Waals surface area contributed by atoms with Gasteiger partial charge in [-0.3, -0.25) is 10.1 Å². The van der Waals surface area contributed by atoms with Crippen molar-refractivity contribution in [1.29, 1.82) is 0 Å². The summed E-state index contributed by atoms with van der Waals surface area (Å²) in [5.41, 5.74) is -0.733. The van der Waals surface area contributed by atoms with Gasteiger partial charge in [0.1, 0.15) is 11.9 Å². The van der Waals surface area contributed by atoms with Gasteiger partial charge >= 0.3 is 5.69 Å². The number of rotatable bonds is 6. The van der Waals surface area contributed by atoms with Crippen molar-refractivity contribution in [2.45, 2.75) is 39.7 Å². The van der Waals surface area contributed by atoms with Gasteiger partial charge in [0.05, 0.1) is 4.92 Å². The maximum Gasteiger partial charge on any atom is 0.372 e. The SMILES string of the molecule is CCNc1ncnc(OC(C)(C)CC)c1[N+](=O)[O-]. The maximum absolute atomic E-state index is 11.1. The first kappa shape index (κ1) is 14.1. The second kappa shape index (κ2) is 5.61. The molecule has 18 heavy (non-hydrogen) atoms. The lowest BCUT2D eigenvalue weighted by molar-refractivity contribution is -0.385. The highest BCUT2D eigenvalue weighted by molar-refractivity contribution is 5.61. The van der Waals surface area contributed by atoms with Crippen molar-refractivity contribution >= 4 is 11.5 Å². The average Bonchev–Trinajstić information content (AvgIpc) is 2.28. The highest BCUT2D eigenvalue weighted by Gasteiger charge is 2.28. The summed E-state index contributed by atoms with van der Waals surface area (Å²) < 4.78 is 5.60. The first-order valence-corrected chi connectivity index (χ1v) is 5.83. The summed E-state index contributed by atoms with van der Waals surface area (Å²) in [5, 5.41) is 13.9. The lowest BCUT2D eigenvalue weighted by Gasteiger charge is -2.23. The zero-order chi connectivity index (χ0) is 13.8. The number of nitro groups is 1. The fraction of sp³-hybridized carbons (Fsp3) is 0.636. The second-order valence-electron chi connectivity index (χ2n) is 4.38. The molecule has 100 valence electrons. The van der Waals surface area contributed by atoms with Crippen molar-refractivity contribution in [3.63, 3.8) is 0 Å². The maximum atomic E-state index is 11.1. The zero-order valence-electron chi connectivity index (χ0n) is 11.1. The molecule has 0 bridgehead atoms. The molecule has 0 atom stereocenters. The Labute approximate surface area is 106 Å². The van der Waals surface area contributed by atoms with E-state index in [2.05, 4.69) is 15.3 Å². The molecule has 0 saturated carbocycles. The molecule has 0 fully saturated rings. The van der Waals surface area contributed by atoms with E-state index in [4.69, 9.17) is 4.74 Å². The molecule has 0 aliphatic carbocycles. The molecule has 0 unspecified atom stereocenters. The molecule has 0 spiro atoms. The minimum atomic E-state index is -0.529. The van der Waals surface area contributed by atoms with Crippen LogP contribution in [0.5, 0.6) is 5.88 Å². The van der Waals surface area contributed by atoms with Crippen LogP contribution in [-0.2, 0) is 0 Å². The third-order valence-electron chi connectivity index (χ3n) is 2.54. The zero-order valence-corrected chi connectivity index (χ0v) is 11.1. The quantitative estimate of drug-likeness (QED) is 0.619. The fourth-order valence-electron chi connectivity index (χ4n) is 1.23. The van der Waals surface area contributed by atoms with E-state index in [1.165, 1.54) is 6.33 Å². The third kappa shape index (κ3) is 3.28. The van der Waals surface area contributed by atoms with E-state index in [0.717, 1.165) is 0 Å². The summed E-state index contributed by atoms with van der Waals surface area (Å²) in [6, 6.07) is 0. The number of aromatic nitrogens is 2. The van der Waals surface area contributed by atoms with Crippen molar-refractivity contribution in [2.24, 2.45) is 0 Å². The third-order valence-corrected chi connectivity index (χ3v) is 2.54. The molecule has 0 aliphatic rings. The van der Waals surface area contributed by atoms with Crippen LogP contribution < -0.4 is 10.1 Å². The first-order chi connectivity index (χ1) is 8.41. The van der Waals surface area contributed by atoms with Gasteiger partial charge in [-0.25, -0.2) is 4.98 Å². The van der Waals surface area contributed by atoms with Gasteiger partial charge in [-0.2, -0.15) is 4.98 Å². The van der Waals surface area contributed by atoms with Crippen LogP contribution in [0.3, 0.4) is 0 Å². The van der Waals surface area contributed by atoms with Crippen molar-refractivity contribution in [3.8, 4) is 5.88 Å². The van der Waals surface area contributed by atoms with Crippen molar-refractivity contribution in [2.75, 3.05) is 11.9 Å². The monoisotopic (exact) mass is 254 g/mol. The highest BCUT2D eigenvalue weighted by Crippen LogP contribution is 2.33. The molecular formula is C11H18N4O3. The molecule has 1 N–H and O–H groups in total. The fourth-order valence-corrected chi connectivity index (χ4v) is 1.23. The lowest BCUT2D eigenvalue weighted by atomic mass is 10.1. The Balaban J connectivity index is 3.18. The van der Waals surface area contributed by atoms with E-state index in [1.54, 1.807) is 0 Å². The summed E-state index contributed by atoms with van der Waals surface area (Å²) in [6.45, 7) is 8.02. The van der Waals surface area contributed by atoms with E-state index in [-0.39, 0.29) is 17.4 Å². The van der Waals surface area contributed by atoms with Gasteiger partial charge in [-0.05, 0) is 27.2 Å². The van der Waals surface area contributed by atoms with Gasteiger partial charge in [-0.1, -0.05) is 6.92 Å². The second-order valence-corrected chi connectivity index (χ2v) is 4.38. The molecule has 0 aliphatic heterocycles. The van der Waals surface area contributed by atoms with Crippen LogP contribution in [0.1, 0.15) is 34.1 Å². The molecular weight excluding hydrogens is 236 g/mol. The van der Waals surface area contributed by atoms with E-state index in [1.807, 2.05) is 27.7 Å². The van der Waals surface area contributed by atoms with E-state index < -0.39 is 10.5 Å². The van der Waals surface area contributed by atoms with E-state index >= 15 is 0 Å². The Morgan fingerprint density at radius 3 is 2.61 bits per heavy atom. The minimum Gasteiger partial charge on any atom is -0.467 e. The summed E-state index contributed by atoms with van der Waals surface area (Å²) in [4.78, 5) is 18.3. The van der Waals surface area contributed by atoms with E-state index in [9.17, 15) is 10.1 Å². The molecule has 0 saturated heterocycles. The van der Waals surface area contributed by atoms with Crippen LogP contribution in [0, 0.1) is 10.1 Å². The van der Waals surface area contributed by atoms with Crippen LogP contribution in [0.15, 0.2) is 6.33 Å². The van der Waals surface area contributed by atoms with Crippen LogP contribution in [0.4, 0.5) is 11.5 Å². The van der Waals surface area contributed by atoms with Gasteiger partial charge in [0.25, 0.3) is 5.88 Å². The number of nitrogens with one attached hydrogen (secondary N) is 1. The topological polar surface area (TPSA) is 90.2 Å². The standard InChI is InChI=1S/C11H18N4O3/c1-5-11(3,4)18-10-8(15(16)17)9(12-6-2)13-7-14-10/h7H,5-6H2,1-4H3,(H,12,13,14). The van der Waals surface area contributed by atoms with Crippen LogP contribution in [0.25, 0.3) is 0 Å². The van der Waals surface area contributed by atoms with Gasteiger partial charge in [0.2, 0.25) is 5.82 Å². The molecule has 0 radical (unpaired) electrons. The Bertz CT molecular complexity index is 434. The summed E-state index contributed by atoms with van der Waals surface area (Å²) in [5.74, 6) is 0.178. The molecule has 1 rings (SSSR count). The van der Waals surface area contributed by atoms with Crippen molar-refractivity contribution in [1.82, 2.24) is 9.97 Å². The van der Waals surface area contributed by atoms with Crippen molar-refractivity contribution in [3.05, 3.63) is 16.4 Å². The largest absolute Gasteiger partial charge is 0.467 e. The lowest BCUT2D eigenvalue weighted by Crippen LogP contribution is -2.28. The number of hydrogen-bond donors (Lipinski definition) is 1. The summed E-state index contributed by atoms with van der Waals surface area (Å²) in [7, 11) is 0. The highest BCUT2D eigenvalue weighted by atomic mass is 16.6. The Hall–Kier alpha value is -1.92. The average molecular weight is 254 g/mol. The summed E-state index contributed by atoms with van der Waals surface area (Å²) in [6.07, 6.45) is 1.97. The Kier molecular flexibility index (Phi) is 4.41. The Morgan fingerprint density at radius 1 is 1.44 bits per heavy atom. The predicted octanol–water partition coefficient (Wildman–Crippen LogP) is 2.38. The summed E-state index contributed by atoms with van der Waals surface area (Å²) >= 11 is 0. The smallest absolute Gasteiger partial charge is 0.372 e. The molecule has 7 nitrogen and oxygen atoms in total. The Morgan fingerprint density at radius 2 is 2.11 bits per heavy atom. The van der Waals surface area contributed by atoms with Crippen LogP contribution >= 0.6 is 0 Å². The van der Waals surface area contributed by atoms with Crippen LogP contribution in [-0.4, -0.2) is 27.0 Å². The van der Waals surface area contributed by atoms with Gasteiger partial charge in [0, 0.05) is 6.54 Å². The predicted molar refractivity (Wildman–Crippen MR) is 67.8 cm³/mol. The molecule has 1 aromatic heterocycles. The first-order valence-electron chi connectivity index (χ1n) is 5.83. The number of ether oxygens (including phenoxy) is 1. The van der Waals surface area contributed by atoms with Crippen LogP contribution in [0.2, 0.25) is 0 Å². The molecule has 0 aromatic carbocycles. The number of hydrogen-bond acceptors (Lipinski definition) is 6.